The van der Waals surface area contributed by atoms with E-state index >= 15 is 0 Å². The molecule has 0 aliphatic heterocycles. The summed E-state index contributed by atoms with van der Waals surface area (Å²) in [4.78, 5) is 0. The van der Waals surface area contributed by atoms with Gasteiger partial charge in [0.25, 0.3) is 0 Å². The highest BCUT2D eigenvalue weighted by Gasteiger charge is 2.24. The van der Waals surface area contributed by atoms with E-state index in [4.69, 9.17) is 18.9 Å². The highest BCUT2D eigenvalue weighted by molar-refractivity contribution is 5.71. The third-order valence-corrected chi connectivity index (χ3v) is 12.0. The van der Waals surface area contributed by atoms with Crippen LogP contribution in [0.25, 0.3) is 22.3 Å². The van der Waals surface area contributed by atoms with E-state index in [9.17, 15) is 0 Å². The van der Waals surface area contributed by atoms with Crippen molar-refractivity contribution in [3.63, 3.8) is 0 Å². The first-order valence-electron chi connectivity index (χ1n) is 23.7. The van der Waals surface area contributed by atoms with Crippen LogP contribution in [-0.2, 0) is 25.7 Å². The molecule has 0 N–H and O–H groups in total. The van der Waals surface area contributed by atoms with Crippen LogP contribution in [0.3, 0.4) is 0 Å². The molecule has 63 heavy (non-hydrogen) atoms. The fraction of sp³-hybridized carbons (Fsp3) is 0.356. The maximum atomic E-state index is 7.03. The first-order chi connectivity index (χ1) is 30.9. The van der Waals surface area contributed by atoms with E-state index < -0.39 is 0 Å². The Morgan fingerprint density at radius 2 is 0.730 bits per heavy atom. The fourth-order valence-corrected chi connectivity index (χ4v) is 8.79. The van der Waals surface area contributed by atoms with Crippen molar-refractivity contribution in [1.29, 1.82) is 0 Å². The van der Waals surface area contributed by atoms with E-state index in [0.717, 1.165) is 94.9 Å². The highest BCUT2D eigenvalue weighted by Crippen LogP contribution is 2.42. The van der Waals surface area contributed by atoms with Crippen LogP contribution in [0.2, 0.25) is 0 Å². The average Bonchev–Trinajstić information content (AvgIpc) is 3.28. The van der Waals surface area contributed by atoms with Gasteiger partial charge in [0.1, 0.15) is 23.0 Å². The number of para-hydroxylation sites is 2. The van der Waals surface area contributed by atoms with Gasteiger partial charge in [0.05, 0.1) is 26.4 Å². The molecule has 0 radical (unpaired) electrons. The van der Waals surface area contributed by atoms with Crippen LogP contribution in [-0.4, -0.2) is 26.4 Å². The first kappa shape index (κ1) is 45.3. The summed E-state index contributed by atoms with van der Waals surface area (Å²) >= 11 is 0. The minimum absolute atomic E-state index is 0.636. The summed E-state index contributed by atoms with van der Waals surface area (Å²) in [6, 6.07) is 40.7. The van der Waals surface area contributed by atoms with Crippen LogP contribution >= 0.6 is 0 Å². The Morgan fingerprint density at radius 1 is 0.397 bits per heavy atom. The number of fused-ring (bicyclic) bond motifs is 8. The quantitative estimate of drug-likeness (QED) is 0.0600. The standard InChI is InChI=1S/C59H68O4/c1-7-11-12-13-14-15-33-63-57-48-20-17-21-49(57)37-55-41-51(45-28-24-43(6)25-29-45)39-53(59(55)62-32-10-4)35-47-19-16-18-46(56(47)60-30-8-2)34-52-38-50(44-26-22-42(5)23-27-44)40-54(36-48)58(52)61-31-9-3/h7,16-29,38-41H,1,8-15,30-37H2,2-6H3. The lowest BCUT2D eigenvalue weighted by atomic mass is 9.88. The van der Waals surface area contributed by atoms with Crippen molar-refractivity contribution < 1.29 is 18.9 Å². The van der Waals surface area contributed by atoms with Gasteiger partial charge in [-0.3, -0.25) is 0 Å². The molecule has 0 saturated carbocycles. The monoisotopic (exact) mass is 841 g/mol. The van der Waals surface area contributed by atoms with Crippen molar-refractivity contribution in [3.8, 4) is 45.3 Å². The molecule has 328 valence electrons. The summed E-state index contributed by atoms with van der Waals surface area (Å²) in [7, 11) is 0. The maximum Gasteiger partial charge on any atom is 0.126 e. The Kier molecular flexibility index (Phi) is 16.2. The Bertz CT molecular complexity index is 2270. The van der Waals surface area contributed by atoms with Crippen molar-refractivity contribution in [2.75, 3.05) is 26.4 Å². The van der Waals surface area contributed by atoms with Crippen molar-refractivity contribution in [1.82, 2.24) is 0 Å². The molecule has 7 rings (SSSR count). The Labute approximate surface area is 378 Å². The summed E-state index contributed by atoms with van der Waals surface area (Å²) < 4.78 is 27.6. The molecular weight excluding hydrogens is 773 g/mol. The molecule has 4 nitrogen and oxygen atoms in total. The number of unbranched alkanes of at least 4 members (excludes halogenated alkanes) is 4. The molecule has 6 aromatic rings. The second-order valence-electron chi connectivity index (χ2n) is 17.4. The summed E-state index contributed by atoms with van der Waals surface area (Å²) in [5.41, 5.74) is 16.6. The van der Waals surface area contributed by atoms with Crippen LogP contribution in [0, 0.1) is 13.8 Å². The number of allylic oxidation sites excluding steroid dienone is 1. The fourth-order valence-electron chi connectivity index (χ4n) is 8.79. The normalized spacial score (nSPS) is 12.1. The van der Waals surface area contributed by atoms with Crippen LogP contribution in [0.4, 0.5) is 0 Å². The SMILES string of the molecule is C=CCCCCCCOc1c2cccc1Cc1cc(-c3ccc(C)cc3)cc(c1OCCC)Cc1cccc(c1OCCC)Cc1cc(-c3ccc(C)cc3)cc(c1OCCC)C2. The molecule has 1 aliphatic rings. The predicted molar refractivity (Wildman–Crippen MR) is 263 cm³/mol. The van der Waals surface area contributed by atoms with E-state index in [1.54, 1.807) is 0 Å². The Balaban J connectivity index is 1.47. The topological polar surface area (TPSA) is 36.9 Å². The third-order valence-electron chi connectivity index (χ3n) is 12.0. The molecule has 0 aromatic heterocycles. The molecule has 6 aromatic carbocycles. The molecular formula is C59H68O4. The number of hydrogen-bond acceptors (Lipinski definition) is 4. The van der Waals surface area contributed by atoms with Gasteiger partial charge in [-0.15, -0.1) is 6.58 Å². The van der Waals surface area contributed by atoms with Crippen LogP contribution in [0.15, 0.2) is 122 Å². The van der Waals surface area contributed by atoms with Crippen LogP contribution in [0.1, 0.15) is 128 Å². The summed E-state index contributed by atoms with van der Waals surface area (Å²) in [6.07, 6.45) is 13.0. The molecule has 0 saturated heterocycles. The maximum absolute atomic E-state index is 7.03. The molecule has 4 heteroatoms. The van der Waals surface area contributed by atoms with Gasteiger partial charge >= 0.3 is 0 Å². The second-order valence-corrected chi connectivity index (χ2v) is 17.4. The lowest BCUT2D eigenvalue weighted by Crippen LogP contribution is -2.10. The summed E-state index contributed by atoms with van der Waals surface area (Å²) in [6.45, 7) is 17.3. The van der Waals surface area contributed by atoms with E-state index in [0.29, 0.717) is 52.1 Å². The van der Waals surface area contributed by atoms with Gasteiger partial charge in [-0.25, -0.2) is 0 Å². The summed E-state index contributed by atoms with van der Waals surface area (Å²) in [5.74, 6) is 3.87. The van der Waals surface area contributed by atoms with Crippen molar-refractivity contribution in [2.45, 2.75) is 112 Å². The zero-order valence-corrected chi connectivity index (χ0v) is 38.6. The molecule has 0 fully saturated rings. The van der Waals surface area contributed by atoms with Gasteiger partial charge in [-0.1, -0.05) is 136 Å². The van der Waals surface area contributed by atoms with Crippen molar-refractivity contribution in [2.24, 2.45) is 0 Å². The number of rotatable bonds is 19. The van der Waals surface area contributed by atoms with Crippen molar-refractivity contribution in [3.05, 3.63) is 177 Å². The lowest BCUT2D eigenvalue weighted by Gasteiger charge is -2.24. The highest BCUT2D eigenvalue weighted by atomic mass is 16.5. The summed E-state index contributed by atoms with van der Waals surface area (Å²) in [5, 5.41) is 0. The predicted octanol–water partition coefficient (Wildman–Crippen LogP) is 15.2. The van der Waals surface area contributed by atoms with Crippen LogP contribution in [0.5, 0.6) is 23.0 Å². The minimum Gasteiger partial charge on any atom is -0.493 e. The molecule has 1 aliphatic carbocycles. The van der Waals surface area contributed by atoms with Gasteiger partial charge in [-0.05, 0) is 143 Å². The molecule has 8 bridgehead atoms. The average molecular weight is 841 g/mol. The number of aryl methyl sites for hydroxylation is 2. The minimum atomic E-state index is 0.636. The third kappa shape index (κ3) is 11.6. The number of benzene rings is 6. The van der Waals surface area contributed by atoms with Gasteiger partial charge in [0.2, 0.25) is 0 Å². The van der Waals surface area contributed by atoms with E-state index in [1.807, 2.05) is 6.08 Å². The number of ether oxygens (including phenoxy) is 4. The Morgan fingerprint density at radius 3 is 1.08 bits per heavy atom. The second kappa shape index (κ2) is 22.6. The van der Waals surface area contributed by atoms with Gasteiger partial charge < -0.3 is 18.9 Å². The van der Waals surface area contributed by atoms with Gasteiger partial charge in [-0.2, -0.15) is 0 Å². The number of hydrogen-bond donors (Lipinski definition) is 0. The van der Waals surface area contributed by atoms with E-state index in [2.05, 4.69) is 150 Å². The zero-order valence-electron chi connectivity index (χ0n) is 38.6. The van der Waals surface area contributed by atoms with Crippen molar-refractivity contribution >= 4 is 0 Å². The van der Waals surface area contributed by atoms with E-state index in [-0.39, 0.29) is 0 Å². The largest absolute Gasteiger partial charge is 0.493 e. The molecule has 0 atom stereocenters. The Hall–Kier alpha value is -5.74. The smallest absolute Gasteiger partial charge is 0.126 e. The van der Waals surface area contributed by atoms with E-state index in [1.165, 1.54) is 57.3 Å². The van der Waals surface area contributed by atoms with Gasteiger partial charge in [0.15, 0.2) is 0 Å². The molecule has 0 unspecified atom stereocenters. The van der Waals surface area contributed by atoms with Crippen LogP contribution < -0.4 is 18.9 Å². The molecule has 0 amide bonds. The van der Waals surface area contributed by atoms with Gasteiger partial charge in [0, 0.05) is 25.7 Å². The molecule has 0 heterocycles. The lowest BCUT2D eigenvalue weighted by molar-refractivity contribution is 0.298. The molecule has 0 spiro atoms. The first-order valence-corrected chi connectivity index (χ1v) is 23.7. The zero-order chi connectivity index (χ0) is 44.0.